The first-order valence-corrected chi connectivity index (χ1v) is 11.5. The number of carbonyl (C=O) groups excluding carboxylic acids is 1. The zero-order valence-corrected chi connectivity index (χ0v) is 19.7. The number of aromatic nitrogens is 4. The molecule has 2 aromatic heterocycles. The molecule has 10 heteroatoms. The third kappa shape index (κ3) is 4.65. The molecule has 0 spiro atoms. The number of rotatable bonds is 5. The van der Waals surface area contributed by atoms with Crippen molar-refractivity contribution in [2.24, 2.45) is 0 Å². The first-order chi connectivity index (χ1) is 14.5. The second-order valence-corrected chi connectivity index (χ2v) is 9.02. The van der Waals surface area contributed by atoms with Crippen molar-refractivity contribution in [2.45, 2.75) is 19.9 Å². The minimum Gasteiger partial charge on any atom is -0.358 e. The van der Waals surface area contributed by atoms with Crippen LogP contribution in [0.15, 0.2) is 48.5 Å². The van der Waals surface area contributed by atoms with E-state index in [0.29, 0.717) is 17.2 Å². The van der Waals surface area contributed by atoms with Crippen LogP contribution in [-0.2, 0) is 13.0 Å². The van der Waals surface area contributed by atoms with Gasteiger partial charge >= 0.3 is 0 Å². The zero-order valence-electron chi connectivity index (χ0n) is 15.9. The summed E-state index contributed by atoms with van der Waals surface area (Å²) in [6.07, 6.45) is 0.787. The van der Waals surface area contributed by atoms with Crippen molar-refractivity contribution in [1.29, 1.82) is 0 Å². The molecule has 4 aromatic rings. The summed E-state index contributed by atoms with van der Waals surface area (Å²) >= 11 is 8.95. The largest absolute Gasteiger partial charge is 0.358 e. The normalized spacial score (nSPS) is 10.9. The summed E-state index contributed by atoms with van der Waals surface area (Å²) in [5.41, 5.74) is 2.63. The summed E-state index contributed by atoms with van der Waals surface area (Å²) < 4.78 is 2.87. The van der Waals surface area contributed by atoms with Crippen LogP contribution >= 0.6 is 46.1 Å². The quantitative estimate of drug-likeness (QED) is 0.292. The van der Waals surface area contributed by atoms with Crippen LogP contribution < -0.4 is 10.6 Å². The molecule has 0 bridgehead atoms. The van der Waals surface area contributed by atoms with Crippen molar-refractivity contribution in [3.63, 3.8) is 0 Å². The van der Waals surface area contributed by atoms with E-state index in [9.17, 15) is 4.79 Å². The molecule has 0 aliphatic heterocycles. The Bertz CT molecular complexity index is 1200. The zero-order chi connectivity index (χ0) is 21.1. The molecule has 0 atom stereocenters. The molecule has 0 saturated carbocycles. The van der Waals surface area contributed by atoms with Gasteiger partial charge in [-0.2, -0.15) is 9.61 Å². The topological polar surface area (TPSA) is 84.2 Å². The maximum Gasteiger partial charge on any atom is 0.257 e. The standard InChI is InChI=1S/C20H17IN6OS2/c1-2-16-24-25-20-27(16)26-18(30-20)14-5-3-12(4-6-14)11-22-19(29)23-17(28)13-7-9-15(21)10-8-13/h3-10H,2,11H2,1H3,(H2,22,23,28,29). The van der Waals surface area contributed by atoms with Crippen molar-refractivity contribution in [2.75, 3.05) is 0 Å². The molecule has 0 saturated heterocycles. The number of carbonyl (C=O) groups is 1. The molecule has 2 aromatic carbocycles. The van der Waals surface area contributed by atoms with Gasteiger partial charge in [0.15, 0.2) is 10.9 Å². The van der Waals surface area contributed by atoms with Crippen molar-refractivity contribution in [1.82, 2.24) is 30.4 Å². The van der Waals surface area contributed by atoms with Gasteiger partial charge in [0.2, 0.25) is 4.96 Å². The van der Waals surface area contributed by atoms with E-state index in [1.165, 1.54) is 11.3 Å². The van der Waals surface area contributed by atoms with E-state index >= 15 is 0 Å². The molecule has 30 heavy (non-hydrogen) atoms. The number of amides is 1. The van der Waals surface area contributed by atoms with Gasteiger partial charge in [0.05, 0.1) is 0 Å². The van der Waals surface area contributed by atoms with Crippen LogP contribution in [0.1, 0.15) is 28.7 Å². The van der Waals surface area contributed by atoms with Crippen LogP contribution in [0.4, 0.5) is 0 Å². The monoisotopic (exact) mass is 548 g/mol. The molecule has 1 amide bonds. The fourth-order valence-electron chi connectivity index (χ4n) is 2.76. The third-order valence-electron chi connectivity index (χ3n) is 4.36. The number of aryl methyl sites for hydroxylation is 1. The average Bonchev–Trinajstić information content (AvgIpc) is 3.34. The second-order valence-electron chi connectivity index (χ2n) is 6.41. The molecule has 0 fully saturated rings. The van der Waals surface area contributed by atoms with Crippen LogP contribution in [0.25, 0.3) is 15.5 Å². The lowest BCUT2D eigenvalue weighted by Gasteiger charge is -2.10. The maximum absolute atomic E-state index is 12.2. The Morgan fingerprint density at radius 3 is 2.57 bits per heavy atom. The molecule has 0 aliphatic carbocycles. The summed E-state index contributed by atoms with van der Waals surface area (Å²) in [5, 5.41) is 19.8. The van der Waals surface area contributed by atoms with Gasteiger partial charge in [-0.25, -0.2) is 0 Å². The molecular weight excluding hydrogens is 531 g/mol. The number of fused-ring (bicyclic) bond motifs is 1. The molecule has 4 rings (SSSR count). The summed E-state index contributed by atoms with van der Waals surface area (Å²) in [6, 6.07) is 15.4. The minimum absolute atomic E-state index is 0.228. The SMILES string of the molecule is CCc1nnc2sc(-c3ccc(CNC(=S)NC(=O)c4ccc(I)cc4)cc3)nn12. The molecule has 0 radical (unpaired) electrons. The van der Waals surface area contributed by atoms with Crippen molar-refractivity contribution < 1.29 is 4.79 Å². The highest BCUT2D eigenvalue weighted by Crippen LogP contribution is 2.25. The second kappa shape index (κ2) is 9.14. The van der Waals surface area contributed by atoms with Gasteiger partial charge in [-0.05, 0) is 64.6 Å². The number of hydrogen-bond donors (Lipinski definition) is 2. The van der Waals surface area contributed by atoms with Crippen LogP contribution in [0, 0.1) is 3.57 Å². The highest BCUT2D eigenvalue weighted by atomic mass is 127. The number of benzene rings is 2. The number of hydrogen-bond acceptors (Lipinski definition) is 6. The first-order valence-electron chi connectivity index (χ1n) is 9.18. The molecule has 0 unspecified atom stereocenters. The van der Waals surface area contributed by atoms with Gasteiger partial charge in [-0.3, -0.25) is 10.1 Å². The van der Waals surface area contributed by atoms with Gasteiger partial charge in [0.1, 0.15) is 5.01 Å². The first kappa shape index (κ1) is 20.8. The fraction of sp³-hybridized carbons (Fsp3) is 0.150. The molecule has 0 aliphatic rings. The lowest BCUT2D eigenvalue weighted by molar-refractivity contribution is 0.0976. The van der Waals surface area contributed by atoms with Gasteiger partial charge in [-0.15, -0.1) is 10.2 Å². The van der Waals surface area contributed by atoms with Crippen molar-refractivity contribution >= 4 is 62.1 Å². The highest BCUT2D eigenvalue weighted by Gasteiger charge is 2.12. The summed E-state index contributed by atoms with van der Waals surface area (Å²) in [7, 11) is 0. The van der Waals surface area contributed by atoms with E-state index in [-0.39, 0.29) is 5.91 Å². The summed E-state index contributed by atoms with van der Waals surface area (Å²) in [5.74, 6) is 0.628. The van der Waals surface area contributed by atoms with Crippen LogP contribution in [0.3, 0.4) is 0 Å². The van der Waals surface area contributed by atoms with Gasteiger partial charge < -0.3 is 5.32 Å². The van der Waals surface area contributed by atoms with Crippen LogP contribution in [-0.4, -0.2) is 30.8 Å². The van der Waals surface area contributed by atoms with E-state index in [2.05, 4.69) is 48.5 Å². The summed E-state index contributed by atoms with van der Waals surface area (Å²) in [6.45, 7) is 2.54. The van der Waals surface area contributed by atoms with Crippen molar-refractivity contribution in [3.8, 4) is 10.6 Å². The predicted octanol–water partition coefficient (Wildman–Crippen LogP) is 3.82. The molecule has 7 nitrogen and oxygen atoms in total. The van der Waals surface area contributed by atoms with E-state index in [4.69, 9.17) is 12.2 Å². The Morgan fingerprint density at radius 1 is 1.13 bits per heavy atom. The van der Waals surface area contributed by atoms with Crippen LogP contribution in [0.5, 0.6) is 0 Å². The lowest BCUT2D eigenvalue weighted by Crippen LogP contribution is -2.38. The maximum atomic E-state index is 12.2. The third-order valence-corrected chi connectivity index (χ3v) is 6.27. The Labute approximate surface area is 196 Å². The van der Waals surface area contributed by atoms with E-state index in [1.54, 1.807) is 16.6 Å². The van der Waals surface area contributed by atoms with E-state index in [0.717, 1.165) is 36.9 Å². The number of nitrogens with one attached hydrogen (secondary N) is 2. The Kier molecular flexibility index (Phi) is 6.35. The molecule has 2 N–H and O–H groups in total. The van der Waals surface area contributed by atoms with Crippen LogP contribution in [0.2, 0.25) is 0 Å². The number of halogens is 1. The van der Waals surface area contributed by atoms with Crippen molar-refractivity contribution in [3.05, 3.63) is 69.1 Å². The smallest absolute Gasteiger partial charge is 0.257 e. The number of nitrogens with zero attached hydrogens (tertiary/aromatic N) is 4. The minimum atomic E-state index is -0.228. The average molecular weight is 548 g/mol. The highest BCUT2D eigenvalue weighted by molar-refractivity contribution is 14.1. The number of thiocarbonyl (C=S) groups is 1. The molecule has 152 valence electrons. The Morgan fingerprint density at radius 2 is 1.87 bits per heavy atom. The molecular formula is C20H17IN6OS2. The fourth-order valence-corrected chi connectivity index (χ4v) is 4.15. The lowest BCUT2D eigenvalue weighted by atomic mass is 10.1. The van der Waals surface area contributed by atoms with E-state index in [1.807, 2.05) is 43.3 Å². The summed E-state index contributed by atoms with van der Waals surface area (Å²) in [4.78, 5) is 13.0. The Balaban J connectivity index is 1.35. The predicted molar refractivity (Wildman–Crippen MR) is 130 cm³/mol. The van der Waals surface area contributed by atoms with Gasteiger partial charge in [0, 0.05) is 27.7 Å². The Hall–Kier alpha value is -2.44. The van der Waals surface area contributed by atoms with Gasteiger partial charge in [-0.1, -0.05) is 42.5 Å². The van der Waals surface area contributed by atoms with E-state index < -0.39 is 0 Å². The van der Waals surface area contributed by atoms with Gasteiger partial charge in [0.25, 0.3) is 5.91 Å². The molecule has 2 heterocycles.